The molecular weight excluding hydrogens is 242 g/mol. The van der Waals surface area contributed by atoms with E-state index in [4.69, 9.17) is 15.2 Å². The number of ether oxygens (including phenoxy) is 2. The summed E-state index contributed by atoms with van der Waals surface area (Å²) in [6.45, 7) is 6.14. The van der Waals surface area contributed by atoms with Gasteiger partial charge in [-0.1, -0.05) is 0 Å². The lowest BCUT2D eigenvalue weighted by Crippen LogP contribution is -2.24. The quantitative estimate of drug-likeness (QED) is 0.670. The van der Waals surface area contributed by atoms with Crippen LogP contribution >= 0.6 is 0 Å². The van der Waals surface area contributed by atoms with Gasteiger partial charge in [-0.25, -0.2) is 0 Å². The molecule has 4 nitrogen and oxygen atoms in total. The Balaban J connectivity index is 2.02. The third kappa shape index (κ3) is 3.47. The van der Waals surface area contributed by atoms with Crippen LogP contribution in [-0.2, 0) is 4.74 Å². The smallest absolute Gasteiger partial charge is 0.163 e. The Morgan fingerprint density at radius 3 is 2.84 bits per heavy atom. The molecular formula is C15H21NO3. The van der Waals surface area contributed by atoms with E-state index in [1.165, 1.54) is 6.92 Å². The van der Waals surface area contributed by atoms with Gasteiger partial charge >= 0.3 is 0 Å². The maximum absolute atomic E-state index is 11.6. The van der Waals surface area contributed by atoms with Crippen molar-refractivity contribution >= 4 is 11.5 Å². The van der Waals surface area contributed by atoms with Crippen molar-refractivity contribution < 1.29 is 14.3 Å². The highest BCUT2D eigenvalue weighted by atomic mass is 16.6. The fourth-order valence-electron chi connectivity index (χ4n) is 2.33. The molecule has 0 aromatic heterocycles. The van der Waals surface area contributed by atoms with Crippen molar-refractivity contribution in [3.8, 4) is 5.75 Å². The first-order chi connectivity index (χ1) is 8.87. The molecule has 1 aliphatic rings. The first-order valence-corrected chi connectivity index (χ1v) is 6.58. The van der Waals surface area contributed by atoms with Gasteiger partial charge < -0.3 is 15.2 Å². The summed E-state index contributed by atoms with van der Waals surface area (Å²) in [5.41, 5.74) is 6.71. The fraction of sp³-hybridized carbons (Fsp3) is 0.533. The zero-order valence-electron chi connectivity index (χ0n) is 11.7. The van der Waals surface area contributed by atoms with Gasteiger partial charge in [0, 0.05) is 5.69 Å². The van der Waals surface area contributed by atoms with Crippen molar-refractivity contribution in [2.75, 3.05) is 12.3 Å². The molecule has 1 atom stereocenters. The predicted octanol–water partition coefficient (Wildman–Crippen LogP) is 2.81. The van der Waals surface area contributed by atoms with Gasteiger partial charge in [0.05, 0.1) is 17.3 Å². The number of hydrogen-bond donors (Lipinski definition) is 1. The van der Waals surface area contributed by atoms with Crippen LogP contribution in [0.25, 0.3) is 0 Å². The number of anilines is 1. The van der Waals surface area contributed by atoms with Crippen LogP contribution in [0.4, 0.5) is 5.69 Å². The topological polar surface area (TPSA) is 61.6 Å². The van der Waals surface area contributed by atoms with E-state index in [1.54, 1.807) is 18.2 Å². The maximum atomic E-state index is 11.6. The van der Waals surface area contributed by atoms with E-state index in [1.807, 2.05) is 0 Å². The number of benzene rings is 1. The lowest BCUT2D eigenvalue weighted by atomic mass is 10.1. The average molecular weight is 263 g/mol. The zero-order valence-corrected chi connectivity index (χ0v) is 11.7. The second-order valence-corrected chi connectivity index (χ2v) is 5.66. The van der Waals surface area contributed by atoms with Crippen LogP contribution in [-0.4, -0.2) is 24.1 Å². The molecule has 1 unspecified atom stereocenters. The van der Waals surface area contributed by atoms with Crippen LogP contribution in [0.15, 0.2) is 18.2 Å². The van der Waals surface area contributed by atoms with Gasteiger partial charge in [0.2, 0.25) is 0 Å². The summed E-state index contributed by atoms with van der Waals surface area (Å²) in [5, 5.41) is 0. The molecule has 1 heterocycles. The molecule has 1 fully saturated rings. The predicted molar refractivity (Wildman–Crippen MR) is 74.5 cm³/mol. The fourth-order valence-corrected chi connectivity index (χ4v) is 2.33. The highest BCUT2D eigenvalue weighted by molar-refractivity contribution is 5.97. The standard InChI is InChI=1S/C15H21NO3/c1-10(17)13-8-11(16)4-5-14(13)18-9-12-6-7-15(2,3)19-12/h4-5,8,12H,6-7,9,16H2,1-3H3. The minimum atomic E-state index is -0.0709. The Labute approximate surface area is 113 Å². The zero-order chi connectivity index (χ0) is 14.0. The number of carbonyl (C=O) groups is 1. The molecule has 4 heteroatoms. The number of carbonyl (C=O) groups excluding carboxylic acids is 1. The van der Waals surface area contributed by atoms with Crippen molar-refractivity contribution in [1.82, 2.24) is 0 Å². The molecule has 2 N–H and O–H groups in total. The molecule has 1 aromatic carbocycles. The van der Waals surface area contributed by atoms with E-state index in [9.17, 15) is 4.79 Å². The summed E-state index contributed by atoms with van der Waals surface area (Å²) in [6.07, 6.45) is 2.10. The number of rotatable bonds is 4. The summed E-state index contributed by atoms with van der Waals surface area (Å²) in [5.74, 6) is 0.532. The second-order valence-electron chi connectivity index (χ2n) is 5.66. The number of Topliss-reactive ketones (excluding diaryl/α,β-unsaturated/α-hetero) is 1. The van der Waals surface area contributed by atoms with Gasteiger partial charge in [-0.15, -0.1) is 0 Å². The van der Waals surface area contributed by atoms with Crippen molar-refractivity contribution in [2.24, 2.45) is 0 Å². The summed E-state index contributed by atoms with van der Waals surface area (Å²) in [7, 11) is 0. The Hall–Kier alpha value is -1.55. The molecule has 0 spiro atoms. The summed E-state index contributed by atoms with van der Waals surface area (Å²) in [4.78, 5) is 11.6. The summed E-state index contributed by atoms with van der Waals surface area (Å²) >= 11 is 0. The van der Waals surface area contributed by atoms with Crippen molar-refractivity contribution in [3.63, 3.8) is 0 Å². The maximum Gasteiger partial charge on any atom is 0.163 e. The molecule has 1 saturated heterocycles. The van der Waals surface area contributed by atoms with Crippen LogP contribution in [0.5, 0.6) is 5.75 Å². The monoisotopic (exact) mass is 263 g/mol. The minimum Gasteiger partial charge on any atom is -0.490 e. The molecule has 0 aliphatic carbocycles. The van der Waals surface area contributed by atoms with Gasteiger partial charge in [0.25, 0.3) is 0 Å². The van der Waals surface area contributed by atoms with Gasteiger partial charge in [-0.05, 0) is 51.8 Å². The van der Waals surface area contributed by atoms with Crippen LogP contribution in [0.1, 0.15) is 44.0 Å². The van der Waals surface area contributed by atoms with E-state index in [-0.39, 0.29) is 17.5 Å². The molecule has 0 saturated carbocycles. The molecule has 1 aliphatic heterocycles. The van der Waals surface area contributed by atoms with E-state index in [0.717, 1.165) is 12.8 Å². The largest absolute Gasteiger partial charge is 0.490 e. The average Bonchev–Trinajstić information content (AvgIpc) is 2.67. The van der Waals surface area contributed by atoms with Crippen LogP contribution in [0, 0.1) is 0 Å². The number of hydrogen-bond acceptors (Lipinski definition) is 4. The van der Waals surface area contributed by atoms with Gasteiger partial charge in [0.15, 0.2) is 5.78 Å². The highest BCUT2D eigenvalue weighted by Gasteiger charge is 2.32. The Bertz CT molecular complexity index is 482. The molecule has 104 valence electrons. The molecule has 0 radical (unpaired) electrons. The van der Waals surface area contributed by atoms with E-state index in [0.29, 0.717) is 23.6 Å². The van der Waals surface area contributed by atoms with Gasteiger partial charge in [0.1, 0.15) is 12.4 Å². The van der Waals surface area contributed by atoms with E-state index in [2.05, 4.69) is 13.8 Å². The Kier molecular flexibility index (Phi) is 3.80. The molecule has 1 aromatic rings. The van der Waals surface area contributed by atoms with E-state index < -0.39 is 0 Å². The molecule has 0 bridgehead atoms. The molecule has 2 rings (SSSR count). The van der Waals surface area contributed by atoms with Gasteiger partial charge in [-0.2, -0.15) is 0 Å². The highest BCUT2D eigenvalue weighted by Crippen LogP contribution is 2.30. The van der Waals surface area contributed by atoms with Crippen LogP contribution in [0.2, 0.25) is 0 Å². The number of ketones is 1. The third-order valence-electron chi connectivity index (χ3n) is 3.36. The number of nitrogen functional groups attached to an aromatic ring is 1. The lowest BCUT2D eigenvalue weighted by molar-refractivity contribution is -0.0327. The Morgan fingerprint density at radius 1 is 1.53 bits per heavy atom. The Morgan fingerprint density at radius 2 is 2.26 bits per heavy atom. The summed E-state index contributed by atoms with van der Waals surface area (Å²) in [6, 6.07) is 5.13. The van der Waals surface area contributed by atoms with Crippen molar-refractivity contribution in [2.45, 2.75) is 45.3 Å². The second kappa shape index (κ2) is 5.21. The number of nitrogens with two attached hydrogens (primary N) is 1. The first-order valence-electron chi connectivity index (χ1n) is 6.58. The molecule has 0 amide bonds. The minimum absolute atomic E-state index is 0.0463. The SMILES string of the molecule is CC(=O)c1cc(N)ccc1OCC1CCC(C)(C)O1. The lowest BCUT2D eigenvalue weighted by Gasteiger charge is -2.20. The molecule has 19 heavy (non-hydrogen) atoms. The first kappa shape index (κ1) is 13.9. The normalized spacial score (nSPS) is 21.3. The van der Waals surface area contributed by atoms with Crippen LogP contribution < -0.4 is 10.5 Å². The van der Waals surface area contributed by atoms with Crippen molar-refractivity contribution in [3.05, 3.63) is 23.8 Å². The third-order valence-corrected chi connectivity index (χ3v) is 3.36. The van der Waals surface area contributed by atoms with Crippen LogP contribution in [0.3, 0.4) is 0 Å². The van der Waals surface area contributed by atoms with Gasteiger partial charge in [-0.3, -0.25) is 4.79 Å². The van der Waals surface area contributed by atoms with E-state index >= 15 is 0 Å². The summed E-state index contributed by atoms with van der Waals surface area (Å²) < 4.78 is 11.6. The van der Waals surface area contributed by atoms with Crippen molar-refractivity contribution in [1.29, 1.82) is 0 Å².